The minimum Gasteiger partial charge on any atom is -0.294 e. The summed E-state index contributed by atoms with van der Waals surface area (Å²) in [6.07, 6.45) is 3.16. The van der Waals surface area contributed by atoms with Gasteiger partial charge in [-0.05, 0) is 58.0 Å². The van der Waals surface area contributed by atoms with Crippen LogP contribution in [0.3, 0.4) is 0 Å². The van der Waals surface area contributed by atoms with Crippen molar-refractivity contribution < 1.29 is 18.0 Å². The molecule has 1 aromatic heterocycles. The Morgan fingerprint density at radius 1 is 1.00 bits per heavy atom. The molecule has 5 heteroatoms. The van der Waals surface area contributed by atoms with Crippen LogP contribution in [0, 0.1) is 5.41 Å². The second-order valence-electron chi connectivity index (χ2n) is 10.5. The van der Waals surface area contributed by atoms with Crippen molar-refractivity contribution in [2.24, 2.45) is 5.41 Å². The van der Waals surface area contributed by atoms with Gasteiger partial charge in [-0.25, -0.2) is 0 Å². The number of rotatable bonds is 1. The van der Waals surface area contributed by atoms with Gasteiger partial charge < -0.3 is 0 Å². The summed E-state index contributed by atoms with van der Waals surface area (Å²) in [5, 5.41) is 3.00. The molecule has 1 atom stereocenters. The van der Waals surface area contributed by atoms with E-state index < -0.39 is 11.7 Å². The molecule has 0 saturated heterocycles. The largest absolute Gasteiger partial charge is 0.416 e. The second kappa shape index (κ2) is 7.51. The van der Waals surface area contributed by atoms with E-state index in [9.17, 15) is 18.0 Å². The van der Waals surface area contributed by atoms with Crippen LogP contribution in [0.4, 0.5) is 13.2 Å². The van der Waals surface area contributed by atoms with Gasteiger partial charge in [0.25, 0.3) is 0 Å². The van der Waals surface area contributed by atoms with Gasteiger partial charge in [0.1, 0.15) is 0 Å². The third-order valence-electron chi connectivity index (χ3n) is 7.42. The molecule has 0 amide bonds. The molecular formula is C30H24F3NO. The van der Waals surface area contributed by atoms with Crippen LogP contribution in [-0.2, 0) is 12.6 Å². The Kier molecular flexibility index (Phi) is 4.73. The summed E-state index contributed by atoms with van der Waals surface area (Å²) in [5.41, 5.74) is 4.05. The summed E-state index contributed by atoms with van der Waals surface area (Å²) in [6, 6.07) is 13.5. The van der Waals surface area contributed by atoms with Crippen molar-refractivity contribution in [3.8, 4) is 0 Å². The van der Waals surface area contributed by atoms with Gasteiger partial charge in [0.15, 0.2) is 5.78 Å². The maximum atomic E-state index is 13.7. The zero-order chi connectivity index (χ0) is 24.5. The first-order valence-corrected chi connectivity index (χ1v) is 11.9. The molecule has 176 valence electrons. The number of nitrogens with zero attached hydrogens (tertiary/aromatic N) is 1. The molecule has 4 aromatic rings. The third kappa shape index (κ3) is 3.48. The number of carbonyl (C=O) groups is 1. The molecule has 2 aliphatic carbocycles. The lowest BCUT2D eigenvalue weighted by atomic mass is 9.67. The molecule has 0 spiro atoms. The highest BCUT2D eigenvalue weighted by atomic mass is 19.4. The first-order chi connectivity index (χ1) is 16.6. The number of hydrogen-bond acceptors (Lipinski definition) is 2. The van der Waals surface area contributed by atoms with Gasteiger partial charge in [-0.2, -0.15) is 13.2 Å². The number of fused-ring (bicyclic) bond motifs is 8. The van der Waals surface area contributed by atoms with Crippen LogP contribution in [0.1, 0.15) is 70.8 Å². The smallest absolute Gasteiger partial charge is 0.294 e. The van der Waals surface area contributed by atoms with Crippen molar-refractivity contribution in [2.45, 2.75) is 45.2 Å². The van der Waals surface area contributed by atoms with Crippen LogP contribution in [0.25, 0.3) is 27.8 Å². The van der Waals surface area contributed by atoms with E-state index in [0.29, 0.717) is 24.0 Å². The fourth-order valence-corrected chi connectivity index (χ4v) is 6.01. The van der Waals surface area contributed by atoms with Crippen LogP contribution in [0.2, 0.25) is 0 Å². The zero-order valence-electron chi connectivity index (χ0n) is 19.5. The molecule has 35 heavy (non-hydrogen) atoms. The number of aromatic nitrogens is 1. The highest BCUT2D eigenvalue weighted by Crippen LogP contribution is 2.49. The topological polar surface area (TPSA) is 30.0 Å². The molecule has 0 radical (unpaired) electrons. The summed E-state index contributed by atoms with van der Waals surface area (Å²) in [5.74, 6) is -0.255. The van der Waals surface area contributed by atoms with Crippen molar-refractivity contribution in [2.75, 3.05) is 0 Å². The first-order valence-electron chi connectivity index (χ1n) is 11.9. The van der Waals surface area contributed by atoms with Crippen molar-refractivity contribution >= 4 is 33.5 Å². The monoisotopic (exact) mass is 471 g/mol. The predicted octanol–water partition coefficient (Wildman–Crippen LogP) is 8.11. The maximum absolute atomic E-state index is 13.7. The van der Waals surface area contributed by atoms with E-state index in [1.165, 1.54) is 12.1 Å². The molecule has 1 unspecified atom stereocenters. The Balaban J connectivity index is 1.72. The average Bonchev–Trinajstić information content (AvgIpc) is 2.82. The Hall–Kier alpha value is -3.47. The summed E-state index contributed by atoms with van der Waals surface area (Å²) in [7, 11) is 0. The molecule has 6 rings (SSSR count). The highest BCUT2D eigenvalue weighted by molar-refractivity contribution is 6.16. The first kappa shape index (κ1) is 22.0. The molecule has 1 heterocycles. The number of benzene rings is 3. The number of para-hydroxylation sites is 1. The fraction of sp³-hybridized carbons (Fsp3) is 0.267. The molecular weight excluding hydrogens is 447 g/mol. The summed E-state index contributed by atoms with van der Waals surface area (Å²) in [4.78, 5) is 18.4. The van der Waals surface area contributed by atoms with E-state index in [1.807, 2.05) is 42.6 Å². The van der Waals surface area contributed by atoms with Gasteiger partial charge in [-0.3, -0.25) is 9.78 Å². The van der Waals surface area contributed by atoms with Gasteiger partial charge in [-0.15, -0.1) is 0 Å². The number of hydrogen-bond donors (Lipinski definition) is 0. The Morgan fingerprint density at radius 2 is 1.80 bits per heavy atom. The van der Waals surface area contributed by atoms with E-state index in [2.05, 4.69) is 13.8 Å². The van der Waals surface area contributed by atoms with Crippen molar-refractivity contribution in [1.82, 2.24) is 4.98 Å². The molecule has 0 aliphatic heterocycles. The molecule has 0 N–H and O–H groups in total. The van der Waals surface area contributed by atoms with E-state index >= 15 is 0 Å². The van der Waals surface area contributed by atoms with Gasteiger partial charge in [-0.1, -0.05) is 62.4 Å². The lowest BCUT2D eigenvalue weighted by Crippen LogP contribution is -2.30. The Labute approximate surface area is 201 Å². The number of alkyl halides is 3. The number of Topliss-reactive ketones (excluding diaryl/α,β-unsaturated/α-hetero) is 1. The highest BCUT2D eigenvalue weighted by Gasteiger charge is 2.38. The van der Waals surface area contributed by atoms with Crippen molar-refractivity contribution in [1.29, 1.82) is 0 Å². The quantitative estimate of drug-likeness (QED) is 0.263. The van der Waals surface area contributed by atoms with Gasteiger partial charge in [0.05, 0.1) is 11.1 Å². The minimum absolute atomic E-state index is 0.0718. The second-order valence-corrected chi connectivity index (χ2v) is 10.5. The minimum atomic E-state index is -4.42. The summed E-state index contributed by atoms with van der Waals surface area (Å²) in [6.45, 7) is 4.21. The number of ketones is 1. The zero-order valence-corrected chi connectivity index (χ0v) is 19.5. The molecule has 0 saturated carbocycles. The SMILES string of the molecule is CC1(C)CC(=O)c2c3c(c4cnc5ccccc5c4c2C1)C=CCC3c1cccc(C(F)(F)F)c1. The predicted molar refractivity (Wildman–Crippen MR) is 133 cm³/mol. The maximum Gasteiger partial charge on any atom is 0.416 e. The number of pyridine rings is 1. The van der Waals surface area contributed by atoms with Crippen molar-refractivity contribution in [3.05, 3.63) is 94.2 Å². The van der Waals surface area contributed by atoms with Crippen LogP contribution in [-0.4, -0.2) is 10.8 Å². The van der Waals surface area contributed by atoms with Crippen molar-refractivity contribution in [3.63, 3.8) is 0 Å². The Morgan fingerprint density at radius 3 is 2.60 bits per heavy atom. The van der Waals surface area contributed by atoms with E-state index in [1.54, 1.807) is 6.07 Å². The molecule has 0 fully saturated rings. The normalized spacial score (nSPS) is 19.1. The number of carbonyl (C=O) groups excluding carboxylic acids is 1. The van der Waals surface area contributed by atoms with E-state index in [4.69, 9.17) is 4.98 Å². The van der Waals surface area contributed by atoms with Gasteiger partial charge in [0, 0.05) is 34.9 Å². The molecule has 2 nitrogen and oxygen atoms in total. The molecule has 2 aliphatic rings. The van der Waals surface area contributed by atoms with Gasteiger partial charge in [0.2, 0.25) is 0 Å². The lowest BCUT2D eigenvalue weighted by Gasteiger charge is -2.36. The van der Waals surface area contributed by atoms with Crippen LogP contribution >= 0.6 is 0 Å². The van der Waals surface area contributed by atoms with Crippen LogP contribution in [0.5, 0.6) is 0 Å². The van der Waals surface area contributed by atoms with Crippen LogP contribution in [0.15, 0.2) is 60.8 Å². The standard InChI is InChI=1S/C30H24F3NO/c1-29(2)14-22-26-21-9-3-4-12-24(21)34-16-23(26)20-11-6-10-19(27(20)28(22)25(35)15-29)17-7-5-8-18(13-17)30(31,32)33/h3-9,11-13,16,19H,10,14-15H2,1-2H3. The fourth-order valence-electron chi connectivity index (χ4n) is 6.01. The summed E-state index contributed by atoms with van der Waals surface area (Å²) < 4.78 is 40.6. The Bertz CT molecular complexity index is 1560. The molecule has 0 bridgehead atoms. The average molecular weight is 472 g/mol. The van der Waals surface area contributed by atoms with Gasteiger partial charge >= 0.3 is 6.18 Å². The number of halogens is 3. The van der Waals surface area contributed by atoms with E-state index in [0.717, 1.165) is 50.9 Å². The number of allylic oxidation sites excluding steroid dienone is 1. The summed E-state index contributed by atoms with van der Waals surface area (Å²) >= 11 is 0. The third-order valence-corrected chi connectivity index (χ3v) is 7.42. The molecule has 3 aromatic carbocycles. The van der Waals surface area contributed by atoms with Crippen LogP contribution < -0.4 is 0 Å². The lowest BCUT2D eigenvalue weighted by molar-refractivity contribution is -0.137. The van der Waals surface area contributed by atoms with E-state index in [-0.39, 0.29) is 17.1 Å².